The van der Waals surface area contributed by atoms with E-state index in [-0.39, 0.29) is 24.1 Å². The molecule has 13 rings (SSSR count). The zero-order valence-electron chi connectivity index (χ0n) is 31.3. The van der Waals surface area contributed by atoms with Crippen LogP contribution in [0, 0.1) is 17.7 Å². The van der Waals surface area contributed by atoms with Gasteiger partial charge < -0.3 is 20.6 Å². The van der Waals surface area contributed by atoms with Crippen LogP contribution < -0.4 is 10.6 Å². The van der Waals surface area contributed by atoms with Gasteiger partial charge in [-0.15, -0.1) is 0 Å². The van der Waals surface area contributed by atoms with E-state index in [2.05, 4.69) is 44.9 Å². The second-order valence-electron chi connectivity index (χ2n) is 17.9. The maximum Gasteiger partial charge on any atom is 0.165 e. The van der Waals surface area contributed by atoms with E-state index in [1.54, 1.807) is 6.07 Å². The van der Waals surface area contributed by atoms with Gasteiger partial charge in [-0.05, 0) is 151 Å². The van der Waals surface area contributed by atoms with Gasteiger partial charge in [0.1, 0.15) is 17.5 Å². The molecule has 4 fully saturated rings. The van der Waals surface area contributed by atoms with E-state index in [0.29, 0.717) is 42.5 Å². The molecule has 7 aliphatic rings. The van der Waals surface area contributed by atoms with Crippen molar-refractivity contribution in [3.8, 4) is 22.3 Å². The van der Waals surface area contributed by atoms with E-state index in [1.807, 2.05) is 30.3 Å². The Labute approximate surface area is 320 Å². The van der Waals surface area contributed by atoms with Gasteiger partial charge in [-0.25, -0.2) is 18.7 Å². The molecule has 2 saturated heterocycles. The van der Waals surface area contributed by atoms with Gasteiger partial charge in [0.15, 0.2) is 5.67 Å². The highest BCUT2D eigenvalue weighted by atomic mass is 19.1. The Balaban J connectivity index is 0.916. The van der Waals surface area contributed by atoms with E-state index >= 15 is 8.78 Å². The number of halogens is 2. The molecule has 4 bridgehead atoms. The minimum atomic E-state index is -1.97. The van der Waals surface area contributed by atoms with Gasteiger partial charge in [0.2, 0.25) is 0 Å². The van der Waals surface area contributed by atoms with Gasteiger partial charge >= 0.3 is 0 Å². The Hall–Kier alpha value is -4.40. The number of H-pyrrole nitrogens is 2. The summed E-state index contributed by atoms with van der Waals surface area (Å²) in [5.41, 5.74) is 9.10. The topological polar surface area (TPSA) is 81.4 Å². The molecule has 55 heavy (non-hydrogen) atoms. The summed E-state index contributed by atoms with van der Waals surface area (Å²) < 4.78 is 34.9. The van der Waals surface area contributed by atoms with Crippen molar-refractivity contribution >= 4 is 22.1 Å². The fraction of sp³-hybridized carbons (Fsp3) is 0.447. The summed E-state index contributed by atoms with van der Waals surface area (Å²) in [6.07, 6.45) is 14.6. The molecule has 2 aliphatic heterocycles. The second kappa shape index (κ2) is 12.3. The van der Waals surface area contributed by atoms with Crippen LogP contribution in [0.4, 0.5) is 8.78 Å². The molecule has 1 unspecified atom stereocenters. The van der Waals surface area contributed by atoms with E-state index in [4.69, 9.17) is 9.97 Å². The van der Waals surface area contributed by atoms with Crippen molar-refractivity contribution < 1.29 is 8.78 Å². The van der Waals surface area contributed by atoms with Crippen LogP contribution in [-0.2, 0) is 24.9 Å². The van der Waals surface area contributed by atoms with Crippen LogP contribution in [-0.4, -0.2) is 32.0 Å². The Kier molecular flexibility index (Phi) is 7.34. The number of aromatic amines is 2. The van der Waals surface area contributed by atoms with Gasteiger partial charge in [-0.1, -0.05) is 56.0 Å². The smallest absolute Gasteiger partial charge is 0.165 e. The lowest BCUT2D eigenvalue weighted by molar-refractivity contribution is 0.193. The molecule has 0 radical (unpaired) electrons. The Morgan fingerprint density at radius 3 is 1.84 bits per heavy atom. The number of rotatable bonds is 4. The van der Waals surface area contributed by atoms with Gasteiger partial charge in [-0.3, -0.25) is 0 Å². The number of nitrogens with one attached hydrogen (secondary N) is 4. The minimum absolute atomic E-state index is 0.163. The second-order valence-corrected chi connectivity index (χ2v) is 17.9. The Morgan fingerprint density at radius 2 is 1.20 bits per heavy atom. The summed E-state index contributed by atoms with van der Waals surface area (Å²) in [5, 5.41) is 7.73. The zero-order chi connectivity index (χ0) is 36.4. The highest BCUT2D eigenvalue weighted by Gasteiger charge is 2.45. The molecule has 2 saturated carbocycles. The molecule has 7 atom stereocenters. The van der Waals surface area contributed by atoms with Crippen molar-refractivity contribution in [1.29, 1.82) is 0 Å². The summed E-state index contributed by atoms with van der Waals surface area (Å²) in [6, 6.07) is 22.1. The minimum Gasteiger partial charge on any atom is -0.341 e. The van der Waals surface area contributed by atoms with Gasteiger partial charge in [0, 0.05) is 17.6 Å². The molecule has 4 N–H and O–H groups in total. The van der Waals surface area contributed by atoms with E-state index in [1.165, 1.54) is 51.4 Å². The summed E-state index contributed by atoms with van der Waals surface area (Å²) >= 11 is 0. The van der Waals surface area contributed by atoms with Crippen molar-refractivity contribution in [3.05, 3.63) is 106 Å². The molecule has 6 nitrogen and oxygen atoms in total. The third-order valence-electron chi connectivity index (χ3n) is 14.7. The fourth-order valence-electron chi connectivity index (χ4n) is 11.9. The van der Waals surface area contributed by atoms with Gasteiger partial charge in [-0.2, -0.15) is 0 Å². The predicted molar refractivity (Wildman–Crippen MR) is 213 cm³/mol. The lowest BCUT2D eigenvalue weighted by Gasteiger charge is -2.35. The molecule has 5 aliphatic carbocycles. The van der Waals surface area contributed by atoms with E-state index < -0.39 is 11.5 Å². The first-order chi connectivity index (χ1) is 26.9. The molecule has 6 aromatic rings. The summed E-state index contributed by atoms with van der Waals surface area (Å²) in [5.74, 6) is 3.00. The maximum atomic E-state index is 18.3. The van der Waals surface area contributed by atoms with Crippen molar-refractivity contribution in [3.63, 3.8) is 0 Å². The molecular weight excluding hydrogens is 687 g/mol. The fourth-order valence-corrected chi connectivity index (χ4v) is 11.9. The van der Waals surface area contributed by atoms with Crippen LogP contribution in [0.3, 0.4) is 0 Å². The number of hydrogen-bond donors (Lipinski definition) is 4. The van der Waals surface area contributed by atoms with Gasteiger partial charge in [0.05, 0.1) is 34.2 Å². The Bertz CT molecular complexity index is 2490. The van der Waals surface area contributed by atoms with Crippen LogP contribution >= 0.6 is 0 Å². The Morgan fingerprint density at radius 1 is 0.618 bits per heavy atom. The first-order valence-corrected chi connectivity index (χ1v) is 21.1. The van der Waals surface area contributed by atoms with Crippen LogP contribution in [0.1, 0.15) is 122 Å². The molecule has 4 aromatic carbocycles. The predicted octanol–water partition coefficient (Wildman–Crippen LogP) is 10.4. The molecule has 0 amide bonds. The SMILES string of the molecule is Fc1cc2cc(-c3ccc4[nH]c([C@@H]5C[C@@H]6CCCC[C@@H]6N5)nc4c3)c1C1(F)CCc3cc(-c4ccc5[nH]c([C@@H]6C[C@@H]7CCCC[C@@H]7N6)nc5c4)c(c1c3)CC2. The first kappa shape index (κ1) is 32.8. The summed E-state index contributed by atoms with van der Waals surface area (Å²) in [7, 11) is 0. The third-order valence-corrected chi connectivity index (χ3v) is 14.7. The average Bonchev–Trinajstić information content (AvgIpc) is 4.01. The largest absolute Gasteiger partial charge is 0.341 e. The highest BCUT2D eigenvalue weighted by Crippen LogP contribution is 2.52. The van der Waals surface area contributed by atoms with Crippen molar-refractivity contribution in [2.75, 3.05) is 0 Å². The number of benzene rings is 4. The molecule has 0 spiro atoms. The molecule has 2 aromatic heterocycles. The lowest BCUT2D eigenvalue weighted by Crippen LogP contribution is -2.30. The van der Waals surface area contributed by atoms with Crippen LogP contribution in [0.5, 0.6) is 0 Å². The molecule has 8 heteroatoms. The van der Waals surface area contributed by atoms with Crippen LogP contribution in [0.25, 0.3) is 44.3 Å². The van der Waals surface area contributed by atoms with E-state index in [0.717, 1.165) is 91.8 Å². The number of aromatic nitrogens is 4. The number of nitrogens with zero attached hydrogens (tertiary/aromatic N) is 2. The van der Waals surface area contributed by atoms with Crippen molar-refractivity contribution in [2.45, 2.75) is 120 Å². The quantitative estimate of drug-likeness (QED) is 0.145. The van der Waals surface area contributed by atoms with Gasteiger partial charge in [0.25, 0.3) is 0 Å². The normalized spacial score (nSPS) is 29.6. The third kappa shape index (κ3) is 5.23. The van der Waals surface area contributed by atoms with Crippen LogP contribution in [0.2, 0.25) is 0 Å². The maximum absolute atomic E-state index is 18.3. The standard InChI is InChI=1S/C47H48F2N6/c48-35-20-25-9-12-31-32(27-10-13-38-40(21-27)54-45(52-38)42-23-29-5-1-3-7-36(29)50-42)17-26-15-16-47(49,34(31)19-26)44(35)33(18-25)28-11-14-39-41(22-28)55-46(53-39)43-24-30-6-2-4-8-37(30)51-43/h10-11,13-14,17-22,29-30,36-37,42-43,50-51H,1-9,12,15-16,23-24H2,(H,52,54)(H,53,55)/t29-,30-,36-,37-,42-,43-,47?/m0/s1. The molecular formula is C47H48F2N6. The summed E-state index contributed by atoms with van der Waals surface area (Å²) in [4.78, 5) is 17.4. The number of alkyl halides is 1. The zero-order valence-corrected chi connectivity index (χ0v) is 31.3. The lowest BCUT2D eigenvalue weighted by atomic mass is 9.72. The monoisotopic (exact) mass is 734 g/mol. The first-order valence-electron chi connectivity index (χ1n) is 21.1. The highest BCUT2D eigenvalue weighted by molar-refractivity contribution is 5.86. The molecule has 280 valence electrons. The van der Waals surface area contributed by atoms with E-state index in [9.17, 15) is 0 Å². The van der Waals surface area contributed by atoms with Crippen molar-refractivity contribution in [1.82, 2.24) is 30.6 Å². The van der Waals surface area contributed by atoms with Crippen molar-refractivity contribution in [2.24, 2.45) is 11.8 Å². The van der Waals surface area contributed by atoms with Crippen LogP contribution in [0.15, 0.2) is 60.7 Å². The number of fused-ring (bicyclic) bond motifs is 8. The average molecular weight is 735 g/mol. The number of imidazole rings is 2. The molecule has 4 heterocycles. The number of hydrogen-bond acceptors (Lipinski definition) is 4. The summed E-state index contributed by atoms with van der Waals surface area (Å²) in [6.45, 7) is 0. The number of aryl methyl sites for hydroxylation is 2.